The minimum Gasteiger partial charge on any atom is -0.454 e. The smallest absolute Gasteiger partial charge is 0.356 e. The first-order chi connectivity index (χ1) is 14.7. The van der Waals surface area contributed by atoms with Crippen molar-refractivity contribution < 1.29 is 19.1 Å². The molecule has 30 heavy (non-hydrogen) atoms. The summed E-state index contributed by atoms with van der Waals surface area (Å²) in [5.74, 6) is 2.06. The van der Waals surface area contributed by atoms with Crippen molar-refractivity contribution in [1.82, 2.24) is 9.47 Å². The quantitative estimate of drug-likeness (QED) is 0.612. The fraction of sp³-hybridized carbons (Fsp3) is 0.435. The van der Waals surface area contributed by atoms with Crippen LogP contribution in [0.4, 0.5) is 5.95 Å². The van der Waals surface area contributed by atoms with Gasteiger partial charge in [-0.05, 0) is 55.8 Å². The number of nitrogens with zero attached hydrogens (tertiary/aromatic N) is 3. The third-order valence-corrected chi connectivity index (χ3v) is 6.24. The fourth-order valence-corrected chi connectivity index (χ4v) is 4.56. The average Bonchev–Trinajstić information content (AvgIpc) is 3.35. The summed E-state index contributed by atoms with van der Waals surface area (Å²) in [6, 6.07) is 13.8. The monoisotopic (exact) mass is 409 g/mol. The molecule has 3 heterocycles. The molecule has 1 saturated heterocycles. The number of imidazole rings is 1. The molecule has 1 fully saturated rings. The zero-order valence-corrected chi connectivity index (χ0v) is 17.2. The molecule has 3 N–H and O–H groups in total. The summed E-state index contributed by atoms with van der Waals surface area (Å²) < 4.78 is 15.0. The van der Waals surface area contributed by atoms with E-state index in [9.17, 15) is 5.11 Å². The minimum atomic E-state index is -0.701. The highest BCUT2D eigenvalue weighted by atomic mass is 16.7. The number of likely N-dealkylation sites (tertiary alicyclic amines) is 1. The van der Waals surface area contributed by atoms with Crippen molar-refractivity contribution in [3.05, 3.63) is 48.0 Å². The van der Waals surface area contributed by atoms with Gasteiger partial charge in [0, 0.05) is 6.54 Å². The molecule has 0 saturated carbocycles. The van der Waals surface area contributed by atoms with Crippen molar-refractivity contribution in [2.45, 2.75) is 38.5 Å². The Kier molecular flexibility index (Phi) is 5.23. The molecule has 2 aliphatic heterocycles. The Morgan fingerprint density at radius 2 is 1.80 bits per heavy atom. The maximum absolute atomic E-state index is 10.9. The van der Waals surface area contributed by atoms with Gasteiger partial charge in [-0.3, -0.25) is 5.73 Å². The summed E-state index contributed by atoms with van der Waals surface area (Å²) >= 11 is 0. The number of nitrogen functional groups attached to an aromatic ring is 1. The molecule has 0 bridgehead atoms. The zero-order valence-electron chi connectivity index (χ0n) is 17.2. The number of para-hydroxylation sites is 2. The van der Waals surface area contributed by atoms with E-state index in [1.165, 1.54) is 32.4 Å². The number of hydrogen-bond acceptors (Lipinski definition) is 5. The number of ether oxygens (including phenoxy) is 2. The number of piperidine rings is 1. The highest BCUT2D eigenvalue weighted by Gasteiger charge is 2.25. The summed E-state index contributed by atoms with van der Waals surface area (Å²) in [6.07, 6.45) is 3.20. The second kappa shape index (κ2) is 8.16. The van der Waals surface area contributed by atoms with Crippen LogP contribution in [0.15, 0.2) is 42.5 Å². The predicted molar refractivity (Wildman–Crippen MR) is 114 cm³/mol. The third kappa shape index (κ3) is 3.59. The van der Waals surface area contributed by atoms with Gasteiger partial charge in [0.1, 0.15) is 23.7 Å². The molecule has 0 spiro atoms. The molecule has 0 unspecified atom stereocenters. The van der Waals surface area contributed by atoms with Crippen LogP contribution in [0.25, 0.3) is 11.0 Å². The van der Waals surface area contributed by atoms with Crippen LogP contribution in [0.1, 0.15) is 30.9 Å². The SMILES string of the molecule is Nc1n(CCN2CCCCC2)c2ccccc2[n+]1C[C@@H](O)c1ccc2c(c1)OCO2. The molecule has 1 atom stereocenters. The number of benzene rings is 2. The van der Waals surface area contributed by atoms with Gasteiger partial charge >= 0.3 is 5.95 Å². The van der Waals surface area contributed by atoms with E-state index in [2.05, 4.69) is 21.6 Å². The molecule has 7 nitrogen and oxygen atoms in total. The third-order valence-electron chi connectivity index (χ3n) is 6.24. The van der Waals surface area contributed by atoms with E-state index in [1.807, 2.05) is 34.9 Å². The van der Waals surface area contributed by atoms with Crippen molar-refractivity contribution in [2.24, 2.45) is 0 Å². The van der Waals surface area contributed by atoms with Gasteiger partial charge in [0.25, 0.3) is 0 Å². The Labute approximate surface area is 176 Å². The summed E-state index contributed by atoms with van der Waals surface area (Å²) in [6.45, 7) is 4.78. The largest absolute Gasteiger partial charge is 0.454 e. The van der Waals surface area contributed by atoms with Crippen LogP contribution in [0, 0.1) is 0 Å². The lowest BCUT2D eigenvalue weighted by molar-refractivity contribution is -0.666. The second-order valence-corrected chi connectivity index (χ2v) is 8.14. The molecule has 5 rings (SSSR count). The Morgan fingerprint density at radius 1 is 1.00 bits per heavy atom. The van der Waals surface area contributed by atoms with Crippen LogP contribution in [-0.4, -0.2) is 41.0 Å². The first-order valence-electron chi connectivity index (χ1n) is 10.8. The highest BCUT2D eigenvalue weighted by molar-refractivity contribution is 5.73. The average molecular weight is 410 g/mol. The van der Waals surface area contributed by atoms with E-state index in [0.717, 1.165) is 29.7 Å². The molecular weight excluding hydrogens is 380 g/mol. The van der Waals surface area contributed by atoms with Crippen LogP contribution in [-0.2, 0) is 13.1 Å². The molecule has 1 aromatic heterocycles. The molecular formula is C23H29N4O3+. The van der Waals surface area contributed by atoms with Crippen LogP contribution < -0.4 is 19.8 Å². The van der Waals surface area contributed by atoms with E-state index < -0.39 is 6.10 Å². The van der Waals surface area contributed by atoms with Crippen molar-refractivity contribution in [2.75, 3.05) is 32.2 Å². The van der Waals surface area contributed by atoms with Gasteiger partial charge in [-0.1, -0.05) is 24.6 Å². The van der Waals surface area contributed by atoms with Gasteiger partial charge in [0.2, 0.25) is 6.79 Å². The van der Waals surface area contributed by atoms with E-state index in [4.69, 9.17) is 15.2 Å². The Balaban J connectivity index is 1.40. The number of nitrogens with two attached hydrogens (primary N) is 1. The standard InChI is InChI=1S/C23H28N4O3/c24-23-26(13-12-25-10-4-1-5-11-25)18-6-2-3-7-19(18)27(23)15-20(28)17-8-9-21-22(14-17)30-16-29-21/h2-3,6-9,14,20,24,28H,1,4-5,10-13,15-16H2/p+1/t20-/m1/s1. The Morgan fingerprint density at radius 3 is 2.67 bits per heavy atom. The summed E-state index contributed by atoms with van der Waals surface area (Å²) in [4.78, 5) is 2.52. The second-order valence-electron chi connectivity index (χ2n) is 8.14. The highest BCUT2D eigenvalue weighted by Crippen LogP contribution is 2.34. The van der Waals surface area contributed by atoms with Crippen LogP contribution >= 0.6 is 0 Å². The van der Waals surface area contributed by atoms with Crippen LogP contribution in [0.5, 0.6) is 11.5 Å². The topological polar surface area (TPSA) is 76.8 Å². The van der Waals surface area contributed by atoms with E-state index in [-0.39, 0.29) is 6.79 Å². The normalized spacial score (nSPS) is 17.5. The molecule has 158 valence electrons. The number of anilines is 1. The molecule has 2 aliphatic rings. The predicted octanol–water partition coefficient (Wildman–Crippen LogP) is 2.46. The van der Waals surface area contributed by atoms with E-state index in [0.29, 0.717) is 24.0 Å². The number of hydrogen-bond donors (Lipinski definition) is 2. The lowest BCUT2D eigenvalue weighted by Crippen LogP contribution is -2.40. The molecule has 3 aromatic rings. The molecule has 0 radical (unpaired) electrons. The number of aliphatic hydroxyl groups is 1. The van der Waals surface area contributed by atoms with Crippen molar-refractivity contribution in [3.63, 3.8) is 0 Å². The summed E-state index contributed by atoms with van der Waals surface area (Å²) in [5, 5.41) is 10.9. The summed E-state index contributed by atoms with van der Waals surface area (Å²) in [7, 11) is 0. The minimum absolute atomic E-state index is 0.223. The van der Waals surface area contributed by atoms with Crippen molar-refractivity contribution in [3.8, 4) is 11.5 Å². The molecule has 7 heteroatoms. The van der Waals surface area contributed by atoms with Gasteiger partial charge in [-0.2, -0.15) is 0 Å². The van der Waals surface area contributed by atoms with Gasteiger partial charge in [0.05, 0.1) is 6.54 Å². The lowest BCUT2D eigenvalue weighted by atomic mass is 10.1. The van der Waals surface area contributed by atoms with E-state index in [1.54, 1.807) is 0 Å². The number of fused-ring (bicyclic) bond motifs is 2. The van der Waals surface area contributed by atoms with Gasteiger partial charge in [0.15, 0.2) is 11.5 Å². The lowest BCUT2D eigenvalue weighted by Gasteiger charge is -2.25. The number of rotatable bonds is 6. The van der Waals surface area contributed by atoms with E-state index >= 15 is 0 Å². The van der Waals surface area contributed by atoms with Crippen molar-refractivity contribution in [1.29, 1.82) is 0 Å². The fourth-order valence-electron chi connectivity index (χ4n) is 4.56. The van der Waals surface area contributed by atoms with Crippen LogP contribution in [0.2, 0.25) is 0 Å². The van der Waals surface area contributed by atoms with Crippen molar-refractivity contribution >= 4 is 17.0 Å². The maximum atomic E-state index is 10.9. The van der Waals surface area contributed by atoms with Crippen LogP contribution in [0.3, 0.4) is 0 Å². The molecule has 0 aliphatic carbocycles. The first kappa shape index (κ1) is 19.2. The molecule has 0 amide bonds. The zero-order chi connectivity index (χ0) is 20.5. The van der Waals surface area contributed by atoms with Gasteiger partial charge in [-0.25, -0.2) is 9.13 Å². The summed E-state index contributed by atoms with van der Waals surface area (Å²) in [5.41, 5.74) is 9.53. The number of aliphatic hydroxyl groups excluding tert-OH is 1. The molecule has 2 aromatic carbocycles. The van der Waals surface area contributed by atoms with Gasteiger partial charge < -0.3 is 19.5 Å². The number of aromatic nitrogens is 2. The Bertz CT molecular complexity index is 1040. The maximum Gasteiger partial charge on any atom is 0.356 e. The Hall–Kier alpha value is -2.77. The first-order valence-corrected chi connectivity index (χ1v) is 10.8. The van der Waals surface area contributed by atoms with Gasteiger partial charge in [-0.15, -0.1) is 0 Å².